The van der Waals surface area contributed by atoms with Crippen LogP contribution >= 0.6 is 0 Å². The maximum atomic E-state index is 5.08. The van der Waals surface area contributed by atoms with Crippen LogP contribution in [0.5, 0.6) is 6.01 Å². The molecule has 1 N–H and O–H groups in total. The molecule has 2 aromatic heterocycles. The molecule has 0 fully saturated rings. The second kappa shape index (κ2) is 5.59. The van der Waals surface area contributed by atoms with Crippen molar-refractivity contribution in [2.24, 2.45) is 0 Å². The van der Waals surface area contributed by atoms with E-state index in [0.717, 1.165) is 13.0 Å². The third-order valence-corrected chi connectivity index (χ3v) is 2.38. The Morgan fingerprint density at radius 3 is 2.53 bits per heavy atom. The van der Waals surface area contributed by atoms with Gasteiger partial charge in [0.15, 0.2) is 0 Å². The van der Waals surface area contributed by atoms with Crippen molar-refractivity contribution in [1.82, 2.24) is 29.7 Å². The second-order valence-corrected chi connectivity index (χ2v) is 3.99. The molecule has 0 amide bonds. The van der Waals surface area contributed by atoms with Crippen molar-refractivity contribution in [2.75, 3.05) is 19.0 Å². The van der Waals surface area contributed by atoms with Crippen LogP contribution < -0.4 is 10.1 Å². The fraction of sp³-hybridized carbons (Fsp3) is 0.545. The molecule has 19 heavy (non-hydrogen) atoms. The fourth-order valence-corrected chi connectivity index (χ4v) is 1.56. The number of hydrogen-bond donors (Lipinski definition) is 1. The fourth-order valence-electron chi connectivity index (χ4n) is 1.56. The van der Waals surface area contributed by atoms with Crippen LogP contribution in [-0.4, -0.2) is 43.4 Å². The highest BCUT2D eigenvalue weighted by Crippen LogP contribution is 2.11. The maximum Gasteiger partial charge on any atom is 0.322 e. The molecule has 0 saturated heterocycles. The lowest BCUT2D eigenvalue weighted by Crippen LogP contribution is -2.12. The van der Waals surface area contributed by atoms with Gasteiger partial charge in [-0.1, -0.05) is 6.92 Å². The summed E-state index contributed by atoms with van der Waals surface area (Å²) in [4.78, 5) is 16.9. The predicted molar refractivity (Wildman–Crippen MR) is 69.6 cm³/mol. The minimum atomic E-state index is 0.246. The highest BCUT2D eigenvalue weighted by molar-refractivity contribution is 5.30. The van der Waals surface area contributed by atoms with Crippen molar-refractivity contribution in [3.05, 3.63) is 11.6 Å². The Labute approximate surface area is 111 Å². The first-order chi connectivity index (χ1) is 9.13. The minimum absolute atomic E-state index is 0.246. The highest BCUT2D eigenvalue weighted by Gasteiger charge is 2.12. The topological polar surface area (TPSA) is 90.6 Å². The average molecular weight is 263 g/mol. The van der Waals surface area contributed by atoms with Crippen molar-refractivity contribution in [1.29, 1.82) is 0 Å². The van der Waals surface area contributed by atoms with Gasteiger partial charge in [0.25, 0.3) is 5.95 Å². The number of nitrogens with one attached hydrogen (secondary N) is 1. The van der Waals surface area contributed by atoms with Crippen molar-refractivity contribution in [3.8, 4) is 12.0 Å². The summed E-state index contributed by atoms with van der Waals surface area (Å²) in [6, 6.07) is 0.246. The molecule has 8 nitrogen and oxygen atoms in total. The zero-order chi connectivity index (χ0) is 13.8. The molecule has 2 aromatic rings. The van der Waals surface area contributed by atoms with Gasteiger partial charge in [0.05, 0.1) is 7.11 Å². The molecule has 0 bridgehead atoms. The molecule has 0 aromatic carbocycles. The summed E-state index contributed by atoms with van der Waals surface area (Å²) in [7, 11) is 1.52. The quantitative estimate of drug-likeness (QED) is 0.856. The number of aromatic nitrogens is 6. The molecule has 0 unspecified atom stereocenters. The van der Waals surface area contributed by atoms with Crippen LogP contribution in [-0.2, 0) is 0 Å². The molecule has 0 aliphatic rings. The van der Waals surface area contributed by atoms with Crippen LogP contribution in [0.1, 0.15) is 25.0 Å². The summed E-state index contributed by atoms with van der Waals surface area (Å²) in [6.07, 6.45) is 0.977. The minimum Gasteiger partial charge on any atom is -0.467 e. The van der Waals surface area contributed by atoms with Gasteiger partial charge in [-0.25, -0.2) is 4.98 Å². The summed E-state index contributed by atoms with van der Waals surface area (Å²) in [5.41, 5.74) is 0. The number of aryl methyl sites for hydroxylation is 2. The summed E-state index contributed by atoms with van der Waals surface area (Å²) < 4.78 is 6.65. The predicted octanol–water partition coefficient (Wildman–Crippen LogP) is 0.900. The largest absolute Gasteiger partial charge is 0.467 e. The van der Waals surface area contributed by atoms with Crippen LogP contribution in [0.25, 0.3) is 5.95 Å². The van der Waals surface area contributed by atoms with Crippen LogP contribution in [0, 0.1) is 13.8 Å². The van der Waals surface area contributed by atoms with Gasteiger partial charge >= 0.3 is 6.01 Å². The third-order valence-electron chi connectivity index (χ3n) is 2.38. The molecular weight excluding hydrogens is 246 g/mol. The molecule has 0 spiro atoms. The zero-order valence-electron chi connectivity index (χ0n) is 11.5. The molecule has 0 aliphatic heterocycles. The van der Waals surface area contributed by atoms with Gasteiger partial charge in [-0.2, -0.15) is 19.6 Å². The summed E-state index contributed by atoms with van der Waals surface area (Å²) in [5, 5.41) is 7.35. The second-order valence-electron chi connectivity index (χ2n) is 3.99. The van der Waals surface area contributed by atoms with Crippen LogP contribution in [0.3, 0.4) is 0 Å². The number of rotatable bonds is 5. The molecule has 0 atom stereocenters. The highest BCUT2D eigenvalue weighted by atomic mass is 16.5. The Hall–Kier alpha value is -2.25. The van der Waals surface area contributed by atoms with E-state index in [2.05, 4.69) is 37.3 Å². The lowest BCUT2D eigenvalue weighted by Gasteiger charge is -2.07. The van der Waals surface area contributed by atoms with Crippen molar-refractivity contribution in [2.45, 2.75) is 27.2 Å². The van der Waals surface area contributed by atoms with Crippen LogP contribution in [0.2, 0.25) is 0 Å². The van der Waals surface area contributed by atoms with Gasteiger partial charge in [0.2, 0.25) is 5.95 Å². The monoisotopic (exact) mass is 263 g/mol. The molecule has 0 radical (unpaired) electrons. The number of methoxy groups -OCH3 is 1. The van der Waals surface area contributed by atoms with Crippen molar-refractivity contribution >= 4 is 5.95 Å². The van der Waals surface area contributed by atoms with Crippen LogP contribution in [0.15, 0.2) is 0 Å². The Bertz CT molecular complexity index is 566. The first kappa shape index (κ1) is 13.2. The first-order valence-corrected chi connectivity index (χ1v) is 6.08. The van der Waals surface area contributed by atoms with E-state index < -0.39 is 0 Å². The van der Waals surface area contributed by atoms with Gasteiger partial charge in [-0.3, -0.25) is 0 Å². The number of ether oxygens (including phenoxy) is 1. The standard InChI is InChI=1S/C11H17N7O/c1-5-6-12-9-14-10(16-11(15-9)19-4)18-8(3)13-7(2)17-18/h5-6H2,1-4H3,(H,12,14,15,16). The van der Waals surface area contributed by atoms with E-state index in [4.69, 9.17) is 4.74 Å². The van der Waals surface area contributed by atoms with E-state index in [1.54, 1.807) is 4.68 Å². The summed E-state index contributed by atoms with van der Waals surface area (Å²) in [6.45, 7) is 6.51. The summed E-state index contributed by atoms with van der Waals surface area (Å²) >= 11 is 0. The first-order valence-electron chi connectivity index (χ1n) is 6.08. The molecule has 0 saturated carbocycles. The molecule has 8 heteroatoms. The lowest BCUT2D eigenvalue weighted by atomic mass is 10.5. The van der Waals surface area contributed by atoms with Gasteiger partial charge in [0, 0.05) is 6.54 Å². The van der Waals surface area contributed by atoms with E-state index in [1.165, 1.54) is 7.11 Å². The van der Waals surface area contributed by atoms with E-state index >= 15 is 0 Å². The van der Waals surface area contributed by atoms with E-state index in [0.29, 0.717) is 23.5 Å². The maximum absolute atomic E-state index is 5.08. The average Bonchev–Trinajstić information content (AvgIpc) is 2.75. The Morgan fingerprint density at radius 2 is 1.95 bits per heavy atom. The van der Waals surface area contributed by atoms with E-state index in [9.17, 15) is 0 Å². The third kappa shape index (κ3) is 2.95. The zero-order valence-corrected chi connectivity index (χ0v) is 11.5. The molecule has 102 valence electrons. The Morgan fingerprint density at radius 1 is 1.16 bits per heavy atom. The number of hydrogen-bond acceptors (Lipinski definition) is 7. The van der Waals surface area contributed by atoms with Gasteiger partial charge in [0.1, 0.15) is 11.6 Å². The normalized spacial score (nSPS) is 10.5. The molecule has 2 rings (SSSR count). The number of anilines is 1. The van der Waals surface area contributed by atoms with E-state index in [-0.39, 0.29) is 6.01 Å². The molecule has 2 heterocycles. The lowest BCUT2D eigenvalue weighted by molar-refractivity contribution is 0.377. The smallest absolute Gasteiger partial charge is 0.322 e. The Balaban J connectivity index is 2.41. The summed E-state index contributed by atoms with van der Waals surface area (Å²) in [5.74, 6) is 2.24. The van der Waals surface area contributed by atoms with Gasteiger partial charge in [-0.15, -0.1) is 5.10 Å². The van der Waals surface area contributed by atoms with Gasteiger partial charge in [-0.05, 0) is 20.3 Å². The Kier molecular flexibility index (Phi) is 3.88. The van der Waals surface area contributed by atoms with E-state index in [1.807, 2.05) is 13.8 Å². The van der Waals surface area contributed by atoms with Crippen LogP contribution in [0.4, 0.5) is 5.95 Å². The SMILES string of the molecule is CCCNc1nc(OC)nc(-n2nc(C)nc2C)n1. The van der Waals surface area contributed by atoms with Crippen molar-refractivity contribution in [3.63, 3.8) is 0 Å². The van der Waals surface area contributed by atoms with Crippen molar-refractivity contribution < 1.29 is 4.74 Å². The molecular formula is C11H17N7O. The van der Waals surface area contributed by atoms with Gasteiger partial charge < -0.3 is 10.1 Å². The number of nitrogens with zero attached hydrogens (tertiary/aromatic N) is 6. The molecule has 0 aliphatic carbocycles.